The Morgan fingerprint density at radius 2 is 2.00 bits per heavy atom. The van der Waals surface area contributed by atoms with Crippen LogP contribution < -0.4 is 11.1 Å². The lowest BCUT2D eigenvalue weighted by atomic mass is 9.95. The second kappa shape index (κ2) is 6.71. The molecule has 4 heteroatoms. The molecule has 0 radical (unpaired) electrons. The molecule has 1 rings (SSSR count). The zero-order valence-corrected chi connectivity index (χ0v) is 13.2. The lowest BCUT2D eigenvalue weighted by Crippen LogP contribution is -2.55. The van der Waals surface area contributed by atoms with E-state index in [1.165, 1.54) is 19.3 Å². The van der Waals surface area contributed by atoms with Gasteiger partial charge in [-0.05, 0) is 52.5 Å². The van der Waals surface area contributed by atoms with Crippen LogP contribution in [0.15, 0.2) is 0 Å². The van der Waals surface area contributed by atoms with Crippen LogP contribution in [0.1, 0.15) is 53.4 Å². The van der Waals surface area contributed by atoms with Gasteiger partial charge >= 0.3 is 0 Å². The van der Waals surface area contributed by atoms with Crippen LogP contribution in [0.2, 0.25) is 0 Å². The van der Waals surface area contributed by atoms with Crippen molar-refractivity contribution >= 4 is 5.91 Å². The number of hydrogen-bond donors (Lipinski definition) is 2. The Labute approximate surface area is 118 Å². The first-order valence-electron chi connectivity index (χ1n) is 7.52. The van der Waals surface area contributed by atoms with Crippen LogP contribution in [-0.2, 0) is 4.79 Å². The predicted molar refractivity (Wildman–Crippen MR) is 79.9 cm³/mol. The minimum atomic E-state index is -0.563. The molecule has 0 aromatic rings. The Morgan fingerprint density at radius 3 is 2.42 bits per heavy atom. The molecule has 2 atom stereocenters. The number of primary amides is 1. The van der Waals surface area contributed by atoms with Crippen LogP contribution in [0.4, 0.5) is 0 Å². The Balaban J connectivity index is 2.44. The van der Waals surface area contributed by atoms with Gasteiger partial charge in [-0.3, -0.25) is 4.79 Å². The summed E-state index contributed by atoms with van der Waals surface area (Å²) in [5.74, 6) is 0.467. The summed E-state index contributed by atoms with van der Waals surface area (Å²) in [4.78, 5) is 14.0. The van der Waals surface area contributed by atoms with Gasteiger partial charge in [0.1, 0.15) is 0 Å². The normalized spacial score (nSPS) is 20.6. The topological polar surface area (TPSA) is 58.4 Å². The highest BCUT2D eigenvalue weighted by atomic mass is 16.1. The molecule has 0 bridgehead atoms. The molecule has 0 saturated heterocycles. The molecule has 112 valence electrons. The molecule has 0 spiro atoms. The summed E-state index contributed by atoms with van der Waals surface area (Å²) in [7, 11) is 2.13. The molecule has 1 fully saturated rings. The number of carbonyl (C=O) groups is 1. The van der Waals surface area contributed by atoms with Crippen LogP contribution in [0.5, 0.6) is 0 Å². The van der Waals surface area contributed by atoms with E-state index in [-0.39, 0.29) is 5.91 Å². The third-order valence-corrected chi connectivity index (χ3v) is 4.17. The van der Waals surface area contributed by atoms with Gasteiger partial charge in [-0.25, -0.2) is 0 Å². The van der Waals surface area contributed by atoms with Gasteiger partial charge in [0.15, 0.2) is 0 Å². The van der Waals surface area contributed by atoms with Gasteiger partial charge in [0.2, 0.25) is 5.91 Å². The molecule has 3 N–H and O–H groups in total. The van der Waals surface area contributed by atoms with E-state index in [9.17, 15) is 4.79 Å². The lowest BCUT2D eigenvalue weighted by Gasteiger charge is -2.32. The fourth-order valence-corrected chi connectivity index (χ4v) is 2.43. The maximum absolute atomic E-state index is 11.7. The van der Waals surface area contributed by atoms with Crippen molar-refractivity contribution in [2.75, 3.05) is 13.6 Å². The van der Waals surface area contributed by atoms with E-state index in [1.54, 1.807) is 0 Å². The Bertz CT molecular complexity index is 302. The number of carbonyl (C=O) groups excluding carboxylic acids is 1. The molecule has 1 aliphatic rings. The van der Waals surface area contributed by atoms with Crippen molar-refractivity contribution in [1.82, 2.24) is 10.2 Å². The Hall–Kier alpha value is -0.610. The lowest BCUT2D eigenvalue weighted by molar-refractivity contribution is -0.124. The van der Waals surface area contributed by atoms with Crippen LogP contribution in [0.25, 0.3) is 0 Å². The monoisotopic (exact) mass is 269 g/mol. The molecule has 19 heavy (non-hydrogen) atoms. The highest BCUT2D eigenvalue weighted by Gasteiger charge is 2.36. The van der Waals surface area contributed by atoms with E-state index < -0.39 is 5.54 Å². The average Bonchev–Trinajstić information content (AvgIpc) is 3.08. The number of hydrogen-bond acceptors (Lipinski definition) is 3. The summed E-state index contributed by atoms with van der Waals surface area (Å²) in [5, 5.41) is 3.40. The molecule has 0 aromatic carbocycles. The van der Waals surface area contributed by atoms with Gasteiger partial charge in [-0.1, -0.05) is 13.8 Å². The van der Waals surface area contributed by atoms with Crippen LogP contribution >= 0.6 is 0 Å². The van der Waals surface area contributed by atoms with Crippen molar-refractivity contribution in [3.05, 3.63) is 0 Å². The summed E-state index contributed by atoms with van der Waals surface area (Å²) in [6.45, 7) is 9.57. The van der Waals surface area contributed by atoms with Gasteiger partial charge in [0, 0.05) is 18.6 Å². The summed E-state index contributed by atoms with van der Waals surface area (Å²) < 4.78 is 0. The van der Waals surface area contributed by atoms with Gasteiger partial charge in [0.25, 0.3) is 0 Å². The highest BCUT2D eigenvalue weighted by Crippen LogP contribution is 2.24. The van der Waals surface area contributed by atoms with E-state index >= 15 is 0 Å². The number of rotatable bonds is 9. The van der Waals surface area contributed by atoms with Gasteiger partial charge in [0.05, 0.1) is 5.54 Å². The van der Waals surface area contributed by atoms with Crippen molar-refractivity contribution in [2.24, 2.45) is 11.7 Å². The average molecular weight is 269 g/mol. The SMILES string of the molecule is CC(C)CC(C)N(C)CCC(C)(NC1CC1)C(N)=O. The minimum absolute atomic E-state index is 0.232. The third-order valence-electron chi connectivity index (χ3n) is 4.17. The van der Waals surface area contributed by atoms with Crippen molar-refractivity contribution in [2.45, 2.75) is 71.0 Å². The second-order valence-corrected chi connectivity index (χ2v) is 6.82. The van der Waals surface area contributed by atoms with Crippen LogP contribution in [0.3, 0.4) is 0 Å². The van der Waals surface area contributed by atoms with E-state index in [1.807, 2.05) is 6.92 Å². The number of nitrogens with one attached hydrogen (secondary N) is 1. The molecule has 0 aromatic heterocycles. The number of nitrogens with two attached hydrogens (primary N) is 1. The molecular formula is C15H31N3O. The van der Waals surface area contributed by atoms with Crippen molar-refractivity contribution in [3.63, 3.8) is 0 Å². The third kappa shape index (κ3) is 5.49. The fourth-order valence-electron chi connectivity index (χ4n) is 2.43. The van der Waals surface area contributed by atoms with Crippen LogP contribution in [-0.4, -0.2) is 42.0 Å². The van der Waals surface area contributed by atoms with E-state index in [0.717, 1.165) is 13.0 Å². The zero-order valence-electron chi connectivity index (χ0n) is 13.2. The molecule has 1 aliphatic carbocycles. The van der Waals surface area contributed by atoms with Crippen molar-refractivity contribution < 1.29 is 4.79 Å². The van der Waals surface area contributed by atoms with Crippen LogP contribution in [0, 0.1) is 5.92 Å². The molecule has 1 amide bonds. The van der Waals surface area contributed by atoms with E-state index in [4.69, 9.17) is 5.73 Å². The molecule has 4 nitrogen and oxygen atoms in total. The molecule has 0 heterocycles. The van der Waals surface area contributed by atoms with E-state index in [0.29, 0.717) is 18.0 Å². The largest absolute Gasteiger partial charge is 0.368 e. The highest BCUT2D eigenvalue weighted by molar-refractivity contribution is 5.84. The van der Waals surface area contributed by atoms with Crippen molar-refractivity contribution in [1.29, 1.82) is 0 Å². The molecule has 0 aliphatic heterocycles. The first kappa shape index (κ1) is 16.4. The minimum Gasteiger partial charge on any atom is -0.368 e. The number of nitrogens with zero attached hydrogens (tertiary/aromatic N) is 1. The van der Waals surface area contributed by atoms with Gasteiger partial charge in [-0.2, -0.15) is 0 Å². The standard InChI is InChI=1S/C15H31N3O/c1-11(2)10-12(3)18(5)9-8-15(4,14(16)19)17-13-6-7-13/h11-13,17H,6-10H2,1-5H3,(H2,16,19). The van der Waals surface area contributed by atoms with E-state index in [2.05, 4.69) is 38.0 Å². The molecular weight excluding hydrogens is 238 g/mol. The van der Waals surface area contributed by atoms with Gasteiger partial charge < -0.3 is 16.0 Å². The van der Waals surface area contributed by atoms with Crippen molar-refractivity contribution in [3.8, 4) is 0 Å². The Morgan fingerprint density at radius 1 is 1.42 bits per heavy atom. The first-order valence-corrected chi connectivity index (χ1v) is 7.52. The summed E-state index contributed by atoms with van der Waals surface area (Å²) in [6, 6.07) is 1.04. The van der Waals surface area contributed by atoms with Gasteiger partial charge in [-0.15, -0.1) is 0 Å². The maximum atomic E-state index is 11.7. The Kier molecular flexibility index (Phi) is 5.81. The smallest absolute Gasteiger partial charge is 0.237 e. The maximum Gasteiger partial charge on any atom is 0.237 e. The first-order chi connectivity index (χ1) is 8.74. The molecule has 2 unspecified atom stereocenters. The fraction of sp³-hybridized carbons (Fsp3) is 0.933. The summed E-state index contributed by atoms with van der Waals surface area (Å²) in [5.41, 5.74) is 5.01. The zero-order chi connectivity index (χ0) is 14.6. The summed E-state index contributed by atoms with van der Waals surface area (Å²) >= 11 is 0. The second-order valence-electron chi connectivity index (χ2n) is 6.82. The molecule has 1 saturated carbocycles. The quantitative estimate of drug-likeness (QED) is 0.670. The summed E-state index contributed by atoms with van der Waals surface area (Å²) in [6.07, 6.45) is 4.29. The number of amides is 1. The predicted octanol–water partition coefficient (Wildman–Crippen LogP) is 1.74.